The number of aromatic hydroxyl groups is 1. The van der Waals surface area contributed by atoms with Gasteiger partial charge in [0, 0.05) is 47.3 Å². The molecule has 0 spiro atoms. The number of benzene rings is 2. The number of thioether (sulfide) groups is 1. The van der Waals surface area contributed by atoms with Gasteiger partial charge in [0.15, 0.2) is 0 Å². The van der Waals surface area contributed by atoms with Gasteiger partial charge in [-0.15, -0.1) is 11.8 Å². The Kier molecular flexibility index (Phi) is 9.93. The smallest absolute Gasteiger partial charge is 0.305 e. The molecule has 0 saturated carbocycles. The van der Waals surface area contributed by atoms with Gasteiger partial charge in [-0.25, -0.2) is 0 Å². The Morgan fingerprint density at radius 3 is 2.79 bits per heavy atom. The van der Waals surface area contributed by atoms with Gasteiger partial charge in [0.1, 0.15) is 11.4 Å². The van der Waals surface area contributed by atoms with Gasteiger partial charge in [-0.05, 0) is 62.2 Å². The third kappa shape index (κ3) is 8.02. The van der Waals surface area contributed by atoms with Crippen molar-refractivity contribution < 1.29 is 19.4 Å². The summed E-state index contributed by atoms with van der Waals surface area (Å²) < 4.78 is 6.59. The fourth-order valence-corrected chi connectivity index (χ4v) is 5.60. The maximum Gasteiger partial charge on any atom is 0.305 e. The van der Waals surface area contributed by atoms with Crippen molar-refractivity contribution in [3.05, 3.63) is 64.8 Å². The number of carbonyl (C=O) groups is 2. The molecule has 0 aliphatic carbocycles. The topological polar surface area (TPSA) is 105 Å². The number of aryl methyl sites for hydroxylation is 1. The highest BCUT2D eigenvalue weighted by Gasteiger charge is 2.29. The van der Waals surface area contributed by atoms with Gasteiger partial charge < -0.3 is 15.2 Å². The first kappa shape index (κ1) is 28.6. The van der Waals surface area contributed by atoms with Gasteiger partial charge in [0.2, 0.25) is 5.91 Å². The monoisotopic (exact) mass is 566 g/mol. The lowest BCUT2D eigenvalue weighted by molar-refractivity contribution is -0.143. The maximum atomic E-state index is 12.8. The van der Waals surface area contributed by atoms with E-state index in [0.29, 0.717) is 46.3 Å². The third-order valence-electron chi connectivity index (χ3n) is 6.11. The molecular formula is C29H31ClN4O4S. The van der Waals surface area contributed by atoms with E-state index in [4.69, 9.17) is 16.3 Å². The van der Waals surface area contributed by atoms with E-state index in [1.807, 2.05) is 24.3 Å². The maximum absolute atomic E-state index is 12.8. The predicted octanol–water partition coefficient (Wildman–Crippen LogP) is 4.94. The number of esters is 1. The summed E-state index contributed by atoms with van der Waals surface area (Å²) in [5.41, 5.74) is 3.19. The Morgan fingerprint density at radius 2 is 2.03 bits per heavy atom. The van der Waals surface area contributed by atoms with Crippen LogP contribution in [0.3, 0.4) is 0 Å². The number of ether oxygens (including phenoxy) is 1. The number of anilines is 1. The molecule has 4 rings (SSSR count). The van der Waals surface area contributed by atoms with E-state index in [2.05, 4.69) is 27.6 Å². The molecule has 2 heterocycles. The van der Waals surface area contributed by atoms with Gasteiger partial charge in [0.25, 0.3) is 0 Å². The first-order chi connectivity index (χ1) is 18.8. The van der Waals surface area contributed by atoms with Crippen LogP contribution in [0.5, 0.6) is 5.75 Å². The molecule has 0 radical (unpaired) electrons. The van der Waals surface area contributed by atoms with Crippen LogP contribution in [-0.2, 0) is 21.4 Å². The summed E-state index contributed by atoms with van der Waals surface area (Å²) in [6.07, 6.45) is 4.81. The zero-order valence-electron chi connectivity index (χ0n) is 21.9. The van der Waals surface area contributed by atoms with E-state index < -0.39 is 0 Å². The van der Waals surface area contributed by atoms with Gasteiger partial charge >= 0.3 is 5.97 Å². The van der Waals surface area contributed by atoms with E-state index >= 15 is 0 Å². The van der Waals surface area contributed by atoms with Gasteiger partial charge in [-0.2, -0.15) is 5.10 Å². The van der Waals surface area contributed by atoms with Crippen LogP contribution >= 0.6 is 23.4 Å². The van der Waals surface area contributed by atoms with Gasteiger partial charge in [0.05, 0.1) is 23.6 Å². The molecule has 10 heteroatoms. The summed E-state index contributed by atoms with van der Waals surface area (Å²) in [7, 11) is 1.79. The van der Waals surface area contributed by atoms with Crippen molar-refractivity contribution >= 4 is 40.9 Å². The summed E-state index contributed by atoms with van der Waals surface area (Å²) in [4.78, 5) is 24.2. The number of halogens is 1. The van der Waals surface area contributed by atoms with Crippen LogP contribution in [0.1, 0.15) is 43.7 Å². The number of phenolic OH excluding ortho intramolecular Hbond substituents is 1. The molecule has 8 nitrogen and oxygen atoms in total. The van der Waals surface area contributed by atoms with Crippen LogP contribution in [0, 0.1) is 11.8 Å². The fourth-order valence-electron chi connectivity index (χ4n) is 4.17. The van der Waals surface area contributed by atoms with Crippen molar-refractivity contribution in [3.63, 3.8) is 0 Å². The molecule has 1 unspecified atom stereocenters. The molecular weight excluding hydrogens is 536 g/mol. The van der Waals surface area contributed by atoms with E-state index in [-0.39, 0.29) is 29.0 Å². The average molecular weight is 567 g/mol. The van der Waals surface area contributed by atoms with Crippen molar-refractivity contribution in [2.75, 3.05) is 17.7 Å². The zero-order valence-corrected chi connectivity index (χ0v) is 23.4. The number of hydrogen-bond acceptors (Lipinski definition) is 7. The van der Waals surface area contributed by atoms with Crippen LogP contribution in [0.25, 0.3) is 11.3 Å². The fraction of sp³-hybridized carbons (Fsp3) is 0.345. The van der Waals surface area contributed by atoms with Crippen LogP contribution < -0.4 is 10.6 Å². The molecule has 39 heavy (non-hydrogen) atoms. The Bertz CT molecular complexity index is 1380. The van der Waals surface area contributed by atoms with Crippen LogP contribution in [0.15, 0.2) is 48.7 Å². The Hall–Kier alpha value is -3.45. The summed E-state index contributed by atoms with van der Waals surface area (Å²) >= 11 is 7.84. The lowest BCUT2D eigenvalue weighted by atomic mass is 10.1. The first-order valence-electron chi connectivity index (χ1n) is 12.8. The van der Waals surface area contributed by atoms with Crippen molar-refractivity contribution in [3.8, 4) is 28.8 Å². The lowest BCUT2D eigenvalue weighted by Gasteiger charge is -2.13. The Labute approximate surface area is 237 Å². The standard InChI is InChI=1S/C29H31ClN4O4S/c1-3-38-27(36)7-5-4-6-26-32-24(18-39-26)29(37)31-22-13-9-19(10-14-22)8-11-20-17-34(2)33-28(20)23-16-21(30)12-15-25(23)35/h9-10,12-17,24,26,32,35H,3-7,18H2,1-2H3,(H,31,37)/t24-,26?/m0/s1. The number of hydrogen-bond donors (Lipinski definition) is 3. The number of rotatable bonds is 9. The SMILES string of the molecule is CCOC(=O)CCCCC1N[C@H](C(=O)Nc2ccc(C#Cc3cn(C)nc3-c3cc(Cl)ccc3O)cc2)CS1. The molecule has 1 aromatic heterocycles. The number of amides is 1. The molecule has 204 valence electrons. The second kappa shape index (κ2) is 13.6. The van der Waals surface area contributed by atoms with E-state index in [1.165, 1.54) is 6.07 Å². The highest BCUT2D eigenvalue weighted by atomic mass is 35.5. The summed E-state index contributed by atoms with van der Waals surface area (Å²) in [5, 5.41) is 21.8. The molecule has 1 aliphatic rings. The third-order valence-corrected chi connectivity index (χ3v) is 7.64. The number of unbranched alkanes of at least 4 members (excludes halogenated alkanes) is 1. The van der Waals surface area contributed by atoms with Crippen LogP contribution in [0.4, 0.5) is 5.69 Å². The average Bonchev–Trinajstić information content (AvgIpc) is 3.54. The van der Waals surface area contributed by atoms with Crippen molar-refractivity contribution in [2.24, 2.45) is 7.05 Å². The minimum Gasteiger partial charge on any atom is -0.507 e. The van der Waals surface area contributed by atoms with Crippen molar-refractivity contribution in [2.45, 2.75) is 44.0 Å². The molecule has 1 amide bonds. The molecule has 3 N–H and O–H groups in total. The zero-order chi connectivity index (χ0) is 27.8. The van der Waals surface area contributed by atoms with Gasteiger partial charge in [-0.3, -0.25) is 19.6 Å². The normalized spacial score (nSPS) is 16.4. The molecule has 0 bridgehead atoms. The highest BCUT2D eigenvalue weighted by molar-refractivity contribution is 8.00. The minimum absolute atomic E-state index is 0.0725. The molecule has 1 saturated heterocycles. The van der Waals surface area contributed by atoms with Gasteiger partial charge in [-0.1, -0.05) is 29.9 Å². The van der Waals surface area contributed by atoms with E-state index in [1.54, 1.807) is 48.7 Å². The predicted molar refractivity (Wildman–Crippen MR) is 155 cm³/mol. The number of carbonyl (C=O) groups excluding carboxylic acids is 2. The number of phenols is 1. The summed E-state index contributed by atoms with van der Waals surface area (Å²) in [6.45, 7) is 2.22. The molecule has 1 aliphatic heterocycles. The van der Waals surface area contributed by atoms with Crippen LogP contribution in [0.2, 0.25) is 5.02 Å². The molecule has 1 fully saturated rings. The largest absolute Gasteiger partial charge is 0.507 e. The Balaban J connectivity index is 1.30. The number of nitrogens with one attached hydrogen (secondary N) is 2. The second-order valence-electron chi connectivity index (χ2n) is 9.14. The Morgan fingerprint density at radius 1 is 1.23 bits per heavy atom. The first-order valence-corrected chi connectivity index (χ1v) is 14.2. The van der Waals surface area contributed by atoms with Crippen molar-refractivity contribution in [1.29, 1.82) is 0 Å². The van der Waals surface area contributed by atoms with Crippen LogP contribution in [-0.4, -0.2) is 50.5 Å². The summed E-state index contributed by atoms with van der Waals surface area (Å²) in [6, 6.07) is 11.9. The minimum atomic E-state index is -0.267. The summed E-state index contributed by atoms with van der Waals surface area (Å²) in [5.74, 6) is 6.80. The van der Waals surface area contributed by atoms with E-state index in [0.717, 1.165) is 24.8 Å². The molecule has 2 aromatic carbocycles. The highest BCUT2D eigenvalue weighted by Crippen LogP contribution is 2.32. The van der Waals surface area contributed by atoms with Crippen molar-refractivity contribution in [1.82, 2.24) is 15.1 Å². The second-order valence-corrected chi connectivity index (χ2v) is 10.8. The quantitative estimate of drug-likeness (QED) is 0.191. The van der Waals surface area contributed by atoms with E-state index in [9.17, 15) is 14.7 Å². The number of nitrogens with zero attached hydrogens (tertiary/aromatic N) is 2. The molecule has 3 aromatic rings. The molecule has 2 atom stereocenters. The lowest BCUT2D eigenvalue weighted by Crippen LogP contribution is -2.40. The number of aromatic nitrogens is 2.